The molecule has 1 atom stereocenters. The van der Waals surface area contributed by atoms with Gasteiger partial charge in [-0.1, -0.05) is 34.1 Å². The molecule has 0 spiro atoms. The van der Waals surface area contributed by atoms with E-state index in [9.17, 15) is 0 Å². The lowest BCUT2D eigenvalue weighted by molar-refractivity contribution is 0.176. The molecule has 1 unspecified atom stereocenters. The van der Waals surface area contributed by atoms with Crippen LogP contribution in [0.15, 0.2) is 0 Å². The summed E-state index contributed by atoms with van der Waals surface area (Å²) in [5.74, 6) is 0.980. The second-order valence-electron chi connectivity index (χ2n) is 7.00. The molecule has 2 nitrogen and oxygen atoms in total. The summed E-state index contributed by atoms with van der Waals surface area (Å²) in [4.78, 5) is 2.59. The molecule has 1 rings (SSSR count). The minimum atomic E-state index is 0.366. The average molecular weight is 240 g/mol. The maximum absolute atomic E-state index is 6.21. The van der Waals surface area contributed by atoms with Crippen LogP contribution in [-0.4, -0.2) is 30.6 Å². The molecule has 1 aliphatic carbocycles. The third kappa shape index (κ3) is 6.42. The predicted molar refractivity (Wildman–Crippen MR) is 76.1 cm³/mol. The van der Waals surface area contributed by atoms with Gasteiger partial charge in [-0.3, -0.25) is 0 Å². The van der Waals surface area contributed by atoms with E-state index >= 15 is 0 Å². The average Bonchev–Trinajstić information content (AvgIpc) is 2.12. The Morgan fingerprint density at radius 1 is 1.29 bits per heavy atom. The van der Waals surface area contributed by atoms with Crippen molar-refractivity contribution in [3.63, 3.8) is 0 Å². The van der Waals surface area contributed by atoms with Gasteiger partial charge in [-0.05, 0) is 50.1 Å². The highest BCUT2D eigenvalue weighted by Gasteiger charge is 2.21. The van der Waals surface area contributed by atoms with E-state index in [0.29, 0.717) is 11.5 Å². The van der Waals surface area contributed by atoms with Crippen LogP contribution in [0, 0.1) is 11.3 Å². The van der Waals surface area contributed by atoms with Crippen LogP contribution in [0.4, 0.5) is 0 Å². The van der Waals surface area contributed by atoms with Gasteiger partial charge in [0.2, 0.25) is 0 Å². The summed E-state index contributed by atoms with van der Waals surface area (Å²) in [5, 5.41) is 0. The molecule has 0 saturated heterocycles. The number of nitrogens with two attached hydrogens (primary N) is 1. The minimum Gasteiger partial charge on any atom is -0.328 e. The normalized spacial score (nSPS) is 19.4. The summed E-state index contributed by atoms with van der Waals surface area (Å²) in [7, 11) is 0. The Kier molecular flexibility index (Phi) is 5.94. The molecule has 0 aromatic carbocycles. The number of hydrogen-bond donors (Lipinski definition) is 1. The van der Waals surface area contributed by atoms with Gasteiger partial charge in [-0.25, -0.2) is 0 Å². The monoisotopic (exact) mass is 240 g/mol. The van der Waals surface area contributed by atoms with Crippen LogP contribution in [0.5, 0.6) is 0 Å². The summed E-state index contributed by atoms with van der Waals surface area (Å²) in [6, 6.07) is 0.366. The zero-order chi connectivity index (χ0) is 12.9. The second-order valence-corrected chi connectivity index (χ2v) is 7.00. The van der Waals surface area contributed by atoms with Gasteiger partial charge in [-0.15, -0.1) is 0 Å². The molecular formula is C15H32N2. The van der Waals surface area contributed by atoms with Crippen LogP contribution in [0.3, 0.4) is 0 Å². The van der Waals surface area contributed by atoms with Gasteiger partial charge in [0.1, 0.15) is 0 Å². The Morgan fingerprint density at radius 2 is 1.94 bits per heavy atom. The van der Waals surface area contributed by atoms with Crippen molar-refractivity contribution in [2.75, 3.05) is 19.6 Å². The smallest absolute Gasteiger partial charge is 0.00559 e. The van der Waals surface area contributed by atoms with Crippen LogP contribution in [0.25, 0.3) is 0 Å². The van der Waals surface area contributed by atoms with Crippen molar-refractivity contribution < 1.29 is 0 Å². The Bertz CT molecular complexity index is 203. The Balaban J connectivity index is 2.17. The molecule has 17 heavy (non-hydrogen) atoms. The highest BCUT2D eigenvalue weighted by Crippen LogP contribution is 2.27. The fraction of sp³-hybridized carbons (Fsp3) is 1.00. The van der Waals surface area contributed by atoms with E-state index in [1.54, 1.807) is 0 Å². The van der Waals surface area contributed by atoms with Crippen molar-refractivity contribution in [1.29, 1.82) is 0 Å². The fourth-order valence-electron chi connectivity index (χ4n) is 2.66. The van der Waals surface area contributed by atoms with Gasteiger partial charge in [0.15, 0.2) is 0 Å². The van der Waals surface area contributed by atoms with E-state index in [1.165, 1.54) is 38.9 Å². The topological polar surface area (TPSA) is 29.3 Å². The molecular weight excluding hydrogens is 208 g/mol. The maximum atomic E-state index is 6.21. The number of nitrogens with zero attached hydrogens (tertiary/aromatic N) is 1. The SMILES string of the molecule is CCN(CCC(N)CC(C)(C)C)CC1CCC1. The lowest BCUT2D eigenvalue weighted by Gasteiger charge is -2.32. The molecule has 0 heterocycles. The molecule has 2 N–H and O–H groups in total. The summed E-state index contributed by atoms with van der Waals surface area (Å²) >= 11 is 0. The summed E-state index contributed by atoms with van der Waals surface area (Å²) < 4.78 is 0. The largest absolute Gasteiger partial charge is 0.328 e. The van der Waals surface area contributed by atoms with Gasteiger partial charge in [0.05, 0.1) is 0 Å². The fourth-order valence-corrected chi connectivity index (χ4v) is 2.66. The van der Waals surface area contributed by atoms with Crippen molar-refractivity contribution in [2.24, 2.45) is 17.1 Å². The first-order valence-electron chi connectivity index (χ1n) is 7.38. The lowest BCUT2D eigenvalue weighted by atomic mass is 9.85. The van der Waals surface area contributed by atoms with Gasteiger partial charge >= 0.3 is 0 Å². The van der Waals surface area contributed by atoms with E-state index in [1.807, 2.05) is 0 Å². The molecule has 0 aliphatic heterocycles. The Morgan fingerprint density at radius 3 is 2.35 bits per heavy atom. The van der Waals surface area contributed by atoms with E-state index in [2.05, 4.69) is 32.6 Å². The lowest BCUT2D eigenvalue weighted by Crippen LogP contribution is -2.36. The van der Waals surface area contributed by atoms with E-state index in [4.69, 9.17) is 5.73 Å². The van der Waals surface area contributed by atoms with Crippen molar-refractivity contribution in [1.82, 2.24) is 4.90 Å². The first-order chi connectivity index (χ1) is 7.90. The summed E-state index contributed by atoms with van der Waals surface area (Å²) in [5.41, 5.74) is 6.58. The Hall–Kier alpha value is -0.0800. The highest BCUT2D eigenvalue weighted by molar-refractivity contribution is 4.76. The maximum Gasteiger partial charge on any atom is 0.00559 e. The molecule has 0 aromatic heterocycles. The minimum absolute atomic E-state index is 0.366. The van der Waals surface area contributed by atoms with E-state index in [0.717, 1.165) is 18.8 Å². The number of rotatable bonds is 7. The van der Waals surface area contributed by atoms with Crippen LogP contribution in [-0.2, 0) is 0 Å². The third-order valence-corrected chi connectivity index (χ3v) is 3.88. The Labute approximate surface area is 108 Å². The summed E-state index contributed by atoms with van der Waals surface area (Å²) in [6.07, 6.45) is 6.63. The molecule has 2 heteroatoms. The van der Waals surface area contributed by atoms with E-state index in [-0.39, 0.29) is 0 Å². The van der Waals surface area contributed by atoms with Gasteiger partial charge < -0.3 is 10.6 Å². The quantitative estimate of drug-likeness (QED) is 0.740. The van der Waals surface area contributed by atoms with Crippen molar-refractivity contribution in [3.8, 4) is 0 Å². The standard InChI is InChI=1S/C15H32N2/c1-5-17(12-13-7-6-8-13)10-9-14(16)11-15(2,3)4/h13-14H,5-12,16H2,1-4H3. The summed E-state index contributed by atoms with van der Waals surface area (Å²) in [6.45, 7) is 12.8. The predicted octanol–water partition coefficient (Wildman–Crippen LogP) is 3.26. The molecule has 0 aromatic rings. The zero-order valence-electron chi connectivity index (χ0n) is 12.3. The van der Waals surface area contributed by atoms with Crippen LogP contribution >= 0.6 is 0 Å². The molecule has 0 amide bonds. The van der Waals surface area contributed by atoms with Crippen molar-refractivity contribution in [3.05, 3.63) is 0 Å². The first-order valence-corrected chi connectivity index (χ1v) is 7.38. The molecule has 1 fully saturated rings. The molecule has 0 bridgehead atoms. The van der Waals surface area contributed by atoms with Crippen LogP contribution in [0.2, 0.25) is 0 Å². The van der Waals surface area contributed by atoms with Crippen molar-refractivity contribution >= 4 is 0 Å². The van der Waals surface area contributed by atoms with Gasteiger partial charge in [0.25, 0.3) is 0 Å². The first kappa shape index (κ1) is 15.0. The van der Waals surface area contributed by atoms with Crippen LogP contribution < -0.4 is 5.73 Å². The van der Waals surface area contributed by atoms with E-state index < -0.39 is 0 Å². The van der Waals surface area contributed by atoms with Gasteiger partial charge in [0, 0.05) is 12.6 Å². The molecule has 0 radical (unpaired) electrons. The molecule has 102 valence electrons. The third-order valence-electron chi connectivity index (χ3n) is 3.88. The highest BCUT2D eigenvalue weighted by atomic mass is 15.1. The molecule has 1 saturated carbocycles. The van der Waals surface area contributed by atoms with Crippen molar-refractivity contribution in [2.45, 2.75) is 65.8 Å². The second kappa shape index (κ2) is 6.75. The number of hydrogen-bond acceptors (Lipinski definition) is 2. The van der Waals surface area contributed by atoms with Gasteiger partial charge in [-0.2, -0.15) is 0 Å². The zero-order valence-corrected chi connectivity index (χ0v) is 12.3. The molecule has 1 aliphatic rings. The van der Waals surface area contributed by atoms with Crippen LogP contribution in [0.1, 0.15) is 59.8 Å².